The lowest BCUT2D eigenvalue weighted by Gasteiger charge is -2.34. The van der Waals surface area contributed by atoms with Crippen molar-refractivity contribution < 1.29 is 9.47 Å². The Morgan fingerprint density at radius 1 is 0.720 bits per heavy atom. The van der Waals surface area contributed by atoms with E-state index < -0.39 is 0 Å². The molecule has 0 bridgehead atoms. The molecule has 0 atom stereocenters. The summed E-state index contributed by atoms with van der Waals surface area (Å²) < 4.78 is 10.7. The number of piperazine rings is 1. The van der Waals surface area contributed by atoms with Crippen molar-refractivity contribution in [3.63, 3.8) is 0 Å². The molecule has 0 amide bonds. The summed E-state index contributed by atoms with van der Waals surface area (Å²) in [5.41, 5.74) is 3.96. The second kappa shape index (κ2) is 8.37. The van der Waals surface area contributed by atoms with Crippen LogP contribution in [0.5, 0.6) is 11.5 Å². The third kappa shape index (κ3) is 4.97. The lowest BCUT2D eigenvalue weighted by atomic mass is 10.1. The molecule has 0 aliphatic carbocycles. The Labute approximate surface area is 151 Å². The van der Waals surface area contributed by atoms with Gasteiger partial charge in [0, 0.05) is 45.3 Å². The molecule has 1 aliphatic heterocycles. The van der Waals surface area contributed by atoms with Gasteiger partial charge in [-0.3, -0.25) is 9.80 Å². The zero-order valence-corrected chi connectivity index (χ0v) is 15.5. The third-order valence-electron chi connectivity index (χ3n) is 4.81. The number of benzene rings is 2. The quantitative estimate of drug-likeness (QED) is 0.805. The van der Waals surface area contributed by atoms with Crippen LogP contribution < -0.4 is 9.47 Å². The fourth-order valence-corrected chi connectivity index (χ4v) is 3.27. The minimum Gasteiger partial charge on any atom is -0.497 e. The molecule has 3 rings (SSSR count). The molecule has 134 valence electrons. The minimum atomic E-state index is 0.854. The monoisotopic (exact) mass is 340 g/mol. The average molecular weight is 340 g/mol. The number of hydrogen-bond acceptors (Lipinski definition) is 4. The number of aryl methyl sites for hydroxylation is 1. The Morgan fingerprint density at radius 3 is 1.68 bits per heavy atom. The fourth-order valence-electron chi connectivity index (χ4n) is 3.27. The molecule has 25 heavy (non-hydrogen) atoms. The van der Waals surface area contributed by atoms with Crippen LogP contribution in [0.3, 0.4) is 0 Å². The number of hydrogen-bond donors (Lipinski definition) is 0. The van der Waals surface area contributed by atoms with E-state index in [0.29, 0.717) is 0 Å². The Kier molecular flexibility index (Phi) is 5.95. The Balaban J connectivity index is 1.53. The second-order valence-corrected chi connectivity index (χ2v) is 6.76. The van der Waals surface area contributed by atoms with Crippen molar-refractivity contribution in [2.45, 2.75) is 20.0 Å². The summed E-state index contributed by atoms with van der Waals surface area (Å²) in [7, 11) is 3.39. The van der Waals surface area contributed by atoms with E-state index in [1.807, 2.05) is 6.07 Å². The van der Waals surface area contributed by atoms with Crippen LogP contribution in [-0.2, 0) is 13.1 Å². The first-order valence-corrected chi connectivity index (χ1v) is 8.88. The van der Waals surface area contributed by atoms with Crippen LogP contribution in [0, 0.1) is 6.92 Å². The summed E-state index contributed by atoms with van der Waals surface area (Å²) in [6.07, 6.45) is 0. The van der Waals surface area contributed by atoms with E-state index in [0.717, 1.165) is 50.8 Å². The summed E-state index contributed by atoms with van der Waals surface area (Å²) in [4.78, 5) is 5.03. The maximum atomic E-state index is 5.37. The van der Waals surface area contributed by atoms with Gasteiger partial charge in [0.1, 0.15) is 11.5 Å². The molecule has 0 radical (unpaired) electrons. The van der Waals surface area contributed by atoms with E-state index in [2.05, 4.69) is 53.1 Å². The Morgan fingerprint density at radius 2 is 1.20 bits per heavy atom. The second-order valence-electron chi connectivity index (χ2n) is 6.76. The molecule has 1 saturated heterocycles. The maximum Gasteiger partial charge on any atom is 0.122 e. The first-order valence-electron chi connectivity index (χ1n) is 8.88. The largest absolute Gasteiger partial charge is 0.497 e. The number of rotatable bonds is 6. The van der Waals surface area contributed by atoms with Crippen molar-refractivity contribution in [3.05, 3.63) is 59.2 Å². The highest BCUT2D eigenvalue weighted by Gasteiger charge is 2.17. The van der Waals surface area contributed by atoms with Crippen LogP contribution in [0.2, 0.25) is 0 Å². The summed E-state index contributed by atoms with van der Waals surface area (Å²) in [6.45, 7) is 8.50. The Bertz CT molecular complexity index is 655. The van der Waals surface area contributed by atoms with E-state index >= 15 is 0 Å². The van der Waals surface area contributed by atoms with E-state index in [1.165, 1.54) is 16.7 Å². The molecular formula is C21H28N2O2. The van der Waals surface area contributed by atoms with Crippen LogP contribution in [0.1, 0.15) is 16.7 Å². The van der Waals surface area contributed by atoms with Gasteiger partial charge in [0.15, 0.2) is 0 Å². The summed E-state index contributed by atoms with van der Waals surface area (Å²) in [6, 6.07) is 15.0. The number of ether oxygens (including phenoxy) is 2. The molecule has 1 heterocycles. The molecule has 4 heteroatoms. The van der Waals surface area contributed by atoms with Crippen molar-refractivity contribution in [2.24, 2.45) is 0 Å². The third-order valence-corrected chi connectivity index (χ3v) is 4.81. The SMILES string of the molecule is COc1cc(CN2CCN(Cc3ccc(C)cc3)CC2)cc(OC)c1. The van der Waals surface area contributed by atoms with Crippen LogP contribution in [0.15, 0.2) is 42.5 Å². The molecule has 4 nitrogen and oxygen atoms in total. The highest BCUT2D eigenvalue weighted by molar-refractivity contribution is 5.38. The molecule has 2 aromatic carbocycles. The fraction of sp³-hybridized carbons (Fsp3) is 0.429. The predicted molar refractivity (Wildman–Crippen MR) is 101 cm³/mol. The first kappa shape index (κ1) is 17.8. The van der Waals surface area contributed by atoms with Gasteiger partial charge in [-0.2, -0.15) is 0 Å². The molecule has 0 saturated carbocycles. The van der Waals surface area contributed by atoms with Crippen LogP contribution in [0.25, 0.3) is 0 Å². The first-order chi connectivity index (χ1) is 12.2. The van der Waals surface area contributed by atoms with Gasteiger partial charge < -0.3 is 9.47 Å². The van der Waals surface area contributed by atoms with Crippen molar-refractivity contribution in [1.29, 1.82) is 0 Å². The van der Waals surface area contributed by atoms with Crippen LogP contribution in [-0.4, -0.2) is 50.2 Å². The topological polar surface area (TPSA) is 24.9 Å². The van der Waals surface area contributed by atoms with Crippen molar-refractivity contribution >= 4 is 0 Å². The lowest BCUT2D eigenvalue weighted by Crippen LogP contribution is -2.45. The van der Waals surface area contributed by atoms with Gasteiger partial charge in [0.2, 0.25) is 0 Å². The van der Waals surface area contributed by atoms with Gasteiger partial charge in [0.25, 0.3) is 0 Å². The molecule has 0 spiro atoms. The molecule has 1 aliphatic rings. The van der Waals surface area contributed by atoms with Gasteiger partial charge in [0.05, 0.1) is 14.2 Å². The molecule has 0 aromatic heterocycles. The van der Waals surface area contributed by atoms with Gasteiger partial charge in [-0.05, 0) is 30.2 Å². The standard InChI is InChI=1S/C21H28N2O2/c1-17-4-6-18(7-5-17)15-22-8-10-23(11-9-22)16-19-12-20(24-2)14-21(13-19)25-3/h4-7,12-14H,8-11,15-16H2,1-3H3. The van der Waals surface area contributed by atoms with Gasteiger partial charge in [-0.1, -0.05) is 29.8 Å². The Hall–Kier alpha value is -2.04. The van der Waals surface area contributed by atoms with Gasteiger partial charge in [-0.25, -0.2) is 0 Å². The van der Waals surface area contributed by atoms with E-state index in [1.54, 1.807) is 14.2 Å². The maximum absolute atomic E-state index is 5.37. The van der Waals surface area contributed by atoms with Gasteiger partial charge in [-0.15, -0.1) is 0 Å². The summed E-state index contributed by atoms with van der Waals surface area (Å²) in [5.74, 6) is 1.71. The molecule has 2 aromatic rings. The zero-order valence-electron chi connectivity index (χ0n) is 15.5. The van der Waals surface area contributed by atoms with Crippen LogP contribution in [0.4, 0.5) is 0 Å². The van der Waals surface area contributed by atoms with Gasteiger partial charge >= 0.3 is 0 Å². The van der Waals surface area contributed by atoms with E-state index in [4.69, 9.17) is 9.47 Å². The van der Waals surface area contributed by atoms with E-state index in [-0.39, 0.29) is 0 Å². The lowest BCUT2D eigenvalue weighted by molar-refractivity contribution is 0.122. The summed E-state index contributed by atoms with van der Waals surface area (Å²) in [5, 5.41) is 0. The molecular weight excluding hydrogens is 312 g/mol. The van der Waals surface area contributed by atoms with Crippen LogP contribution >= 0.6 is 0 Å². The molecule has 0 unspecified atom stereocenters. The highest BCUT2D eigenvalue weighted by Crippen LogP contribution is 2.23. The number of methoxy groups -OCH3 is 2. The van der Waals surface area contributed by atoms with Crippen molar-refractivity contribution in [2.75, 3.05) is 40.4 Å². The zero-order chi connectivity index (χ0) is 17.6. The molecule has 0 N–H and O–H groups in total. The molecule has 1 fully saturated rings. The minimum absolute atomic E-state index is 0.854. The average Bonchev–Trinajstić information content (AvgIpc) is 2.65. The van der Waals surface area contributed by atoms with E-state index in [9.17, 15) is 0 Å². The predicted octanol–water partition coefficient (Wildman–Crippen LogP) is 3.33. The number of nitrogens with zero attached hydrogens (tertiary/aromatic N) is 2. The van der Waals surface area contributed by atoms with Crippen molar-refractivity contribution in [3.8, 4) is 11.5 Å². The smallest absolute Gasteiger partial charge is 0.122 e. The highest BCUT2D eigenvalue weighted by atomic mass is 16.5. The normalized spacial score (nSPS) is 16.0. The van der Waals surface area contributed by atoms with Crippen molar-refractivity contribution in [1.82, 2.24) is 9.80 Å². The summed E-state index contributed by atoms with van der Waals surface area (Å²) >= 11 is 0.